The second-order valence-electron chi connectivity index (χ2n) is 7.95. The van der Waals surface area contributed by atoms with E-state index in [0.29, 0.717) is 12.3 Å². The molecule has 0 saturated carbocycles. The van der Waals surface area contributed by atoms with E-state index in [1.165, 1.54) is 12.1 Å². The lowest BCUT2D eigenvalue weighted by molar-refractivity contribution is -0.130. The monoisotopic (exact) mass is 398 g/mol. The van der Waals surface area contributed by atoms with Gasteiger partial charge in [0.2, 0.25) is 5.91 Å². The maximum absolute atomic E-state index is 13.0. The number of benzene rings is 2. The van der Waals surface area contributed by atoms with E-state index in [2.05, 4.69) is 4.90 Å². The van der Waals surface area contributed by atoms with E-state index in [-0.39, 0.29) is 11.7 Å². The molecule has 1 atom stereocenters. The van der Waals surface area contributed by atoms with Gasteiger partial charge >= 0.3 is 0 Å². The lowest BCUT2D eigenvalue weighted by Crippen LogP contribution is -2.42. The van der Waals surface area contributed by atoms with Crippen LogP contribution in [0.25, 0.3) is 0 Å². The number of para-hydroxylation sites is 1. The number of piperidine rings is 1. The number of amides is 1. The van der Waals surface area contributed by atoms with Gasteiger partial charge in [-0.25, -0.2) is 4.39 Å². The van der Waals surface area contributed by atoms with E-state index in [9.17, 15) is 9.18 Å². The van der Waals surface area contributed by atoms with Crippen molar-refractivity contribution in [2.45, 2.75) is 25.7 Å². The van der Waals surface area contributed by atoms with Crippen LogP contribution in [0.3, 0.4) is 0 Å². The van der Waals surface area contributed by atoms with Crippen LogP contribution >= 0.6 is 0 Å². The first-order valence-electron chi connectivity index (χ1n) is 10.4. The molecule has 5 heteroatoms. The average molecular weight is 399 g/mol. The topological polar surface area (TPSA) is 32.8 Å². The molecule has 2 aromatic carbocycles. The summed E-state index contributed by atoms with van der Waals surface area (Å²) in [4.78, 5) is 17.0. The van der Waals surface area contributed by atoms with Crippen LogP contribution in [0, 0.1) is 11.7 Å². The van der Waals surface area contributed by atoms with Crippen molar-refractivity contribution in [3.8, 4) is 5.75 Å². The second kappa shape index (κ2) is 10.4. The molecular weight excluding hydrogens is 367 g/mol. The first-order chi connectivity index (χ1) is 14.0. The number of likely N-dealkylation sites (tertiary alicyclic amines) is 1. The van der Waals surface area contributed by atoms with Crippen LogP contribution in [-0.4, -0.2) is 56.0 Å². The Balaban J connectivity index is 1.47. The fraction of sp³-hybridized carbons (Fsp3) is 0.458. The summed E-state index contributed by atoms with van der Waals surface area (Å²) in [5.74, 6) is 1.19. The van der Waals surface area contributed by atoms with Gasteiger partial charge in [0.05, 0.1) is 13.5 Å². The molecule has 4 nitrogen and oxygen atoms in total. The number of ether oxygens (including phenoxy) is 1. The third-order valence-corrected chi connectivity index (χ3v) is 5.73. The van der Waals surface area contributed by atoms with Gasteiger partial charge in [0.25, 0.3) is 0 Å². The number of halogens is 1. The lowest BCUT2D eigenvalue weighted by Gasteiger charge is -2.34. The van der Waals surface area contributed by atoms with Gasteiger partial charge in [-0.2, -0.15) is 0 Å². The van der Waals surface area contributed by atoms with Crippen molar-refractivity contribution in [1.82, 2.24) is 9.80 Å². The van der Waals surface area contributed by atoms with Crippen LogP contribution in [-0.2, 0) is 17.6 Å². The zero-order valence-corrected chi connectivity index (χ0v) is 17.4. The van der Waals surface area contributed by atoms with E-state index in [1.807, 2.05) is 48.3 Å². The van der Waals surface area contributed by atoms with Crippen molar-refractivity contribution in [2.24, 2.45) is 5.92 Å². The quantitative estimate of drug-likeness (QED) is 0.678. The highest BCUT2D eigenvalue weighted by Gasteiger charge is 2.23. The van der Waals surface area contributed by atoms with E-state index in [4.69, 9.17) is 4.74 Å². The Morgan fingerprint density at radius 1 is 1.21 bits per heavy atom. The number of rotatable bonds is 8. The van der Waals surface area contributed by atoms with Gasteiger partial charge in [-0.15, -0.1) is 0 Å². The summed E-state index contributed by atoms with van der Waals surface area (Å²) in [6.45, 7) is 3.85. The molecular formula is C24H31FN2O2. The summed E-state index contributed by atoms with van der Waals surface area (Å²) in [6.07, 6.45) is 3.60. The van der Waals surface area contributed by atoms with Crippen LogP contribution in [0.4, 0.5) is 4.39 Å². The highest BCUT2D eigenvalue weighted by molar-refractivity contribution is 5.79. The minimum absolute atomic E-state index is 0.123. The van der Waals surface area contributed by atoms with Crippen molar-refractivity contribution in [2.75, 3.05) is 40.3 Å². The van der Waals surface area contributed by atoms with Crippen LogP contribution in [0.5, 0.6) is 5.75 Å². The molecule has 2 aromatic rings. The average Bonchev–Trinajstić information content (AvgIpc) is 2.74. The van der Waals surface area contributed by atoms with Crippen molar-refractivity contribution >= 4 is 5.91 Å². The molecule has 0 spiro atoms. The molecule has 1 fully saturated rings. The minimum atomic E-state index is -0.187. The van der Waals surface area contributed by atoms with E-state index in [1.54, 1.807) is 7.11 Å². The van der Waals surface area contributed by atoms with Crippen molar-refractivity contribution < 1.29 is 13.9 Å². The zero-order chi connectivity index (χ0) is 20.6. The molecule has 1 saturated heterocycles. The predicted molar refractivity (Wildman–Crippen MR) is 114 cm³/mol. The summed E-state index contributed by atoms with van der Waals surface area (Å²) >= 11 is 0. The molecule has 1 aliphatic rings. The molecule has 156 valence electrons. The Labute approximate surface area is 173 Å². The van der Waals surface area contributed by atoms with Gasteiger partial charge in [0.1, 0.15) is 11.6 Å². The molecule has 1 aliphatic heterocycles. The number of methoxy groups -OCH3 is 1. The van der Waals surface area contributed by atoms with Gasteiger partial charge in [-0.05, 0) is 55.5 Å². The standard InChI is InChI=1S/C24H31FN2O2/c1-26(24(28)16-21-7-3-4-8-23(21)29-2)17-20-6-5-14-27(18-20)15-13-19-9-11-22(25)12-10-19/h3-4,7-12,20H,5-6,13-18H2,1-2H3/t20-/m1/s1. The van der Waals surface area contributed by atoms with Crippen LogP contribution in [0.1, 0.15) is 24.0 Å². The van der Waals surface area contributed by atoms with Crippen molar-refractivity contribution in [1.29, 1.82) is 0 Å². The Kier molecular flexibility index (Phi) is 7.64. The van der Waals surface area contributed by atoms with Gasteiger partial charge in [0.15, 0.2) is 0 Å². The Bertz CT molecular complexity index is 794. The predicted octanol–water partition coefficient (Wildman–Crippen LogP) is 3.79. The molecule has 1 heterocycles. The second-order valence-corrected chi connectivity index (χ2v) is 7.95. The van der Waals surface area contributed by atoms with Crippen LogP contribution in [0.15, 0.2) is 48.5 Å². The maximum atomic E-state index is 13.0. The van der Waals surface area contributed by atoms with Gasteiger partial charge < -0.3 is 14.5 Å². The normalized spacial score (nSPS) is 17.1. The lowest BCUT2D eigenvalue weighted by atomic mass is 9.96. The molecule has 0 aliphatic carbocycles. The summed E-state index contributed by atoms with van der Waals surface area (Å²) in [5.41, 5.74) is 2.09. The molecule has 1 amide bonds. The van der Waals surface area contributed by atoms with Gasteiger partial charge in [0, 0.05) is 32.2 Å². The smallest absolute Gasteiger partial charge is 0.226 e. The third kappa shape index (κ3) is 6.29. The molecule has 0 N–H and O–H groups in total. The van der Waals surface area contributed by atoms with Gasteiger partial charge in [-0.3, -0.25) is 4.79 Å². The molecule has 29 heavy (non-hydrogen) atoms. The number of likely N-dealkylation sites (N-methyl/N-ethyl adjacent to an activating group) is 1. The fourth-order valence-electron chi connectivity index (χ4n) is 4.08. The molecule has 0 bridgehead atoms. The highest BCUT2D eigenvalue weighted by atomic mass is 19.1. The van der Waals surface area contributed by atoms with Crippen molar-refractivity contribution in [3.63, 3.8) is 0 Å². The number of carbonyl (C=O) groups excluding carboxylic acids is 1. The summed E-state index contributed by atoms with van der Waals surface area (Å²) in [7, 11) is 3.53. The Morgan fingerprint density at radius 2 is 1.97 bits per heavy atom. The van der Waals surface area contributed by atoms with E-state index in [0.717, 1.165) is 62.3 Å². The first-order valence-corrected chi connectivity index (χ1v) is 10.4. The minimum Gasteiger partial charge on any atom is -0.496 e. The highest BCUT2D eigenvalue weighted by Crippen LogP contribution is 2.21. The molecule has 0 radical (unpaired) electrons. The third-order valence-electron chi connectivity index (χ3n) is 5.73. The van der Waals surface area contributed by atoms with Gasteiger partial charge in [-0.1, -0.05) is 30.3 Å². The first kappa shape index (κ1) is 21.3. The zero-order valence-electron chi connectivity index (χ0n) is 17.4. The molecule has 3 rings (SSSR count). The largest absolute Gasteiger partial charge is 0.496 e. The maximum Gasteiger partial charge on any atom is 0.226 e. The summed E-state index contributed by atoms with van der Waals surface area (Å²) < 4.78 is 18.4. The van der Waals surface area contributed by atoms with Crippen LogP contribution in [0.2, 0.25) is 0 Å². The SMILES string of the molecule is COc1ccccc1CC(=O)N(C)C[C@H]1CCCN(CCc2ccc(F)cc2)C1. The Hall–Kier alpha value is -2.40. The van der Waals surface area contributed by atoms with Crippen molar-refractivity contribution in [3.05, 3.63) is 65.5 Å². The fourth-order valence-corrected chi connectivity index (χ4v) is 4.08. The van der Waals surface area contributed by atoms with Crippen LogP contribution < -0.4 is 4.74 Å². The molecule has 0 unspecified atom stereocenters. The number of hydrogen-bond acceptors (Lipinski definition) is 3. The summed E-state index contributed by atoms with van der Waals surface area (Å²) in [6, 6.07) is 14.5. The molecule has 0 aromatic heterocycles. The van der Waals surface area contributed by atoms with E-state index >= 15 is 0 Å². The number of hydrogen-bond donors (Lipinski definition) is 0. The number of nitrogens with zero attached hydrogens (tertiary/aromatic N) is 2. The Morgan fingerprint density at radius 3 is 2.72 bits per heavy atom. The van der Waals surface area contributed by atoms with E-state index < -0.39 is 0 Å². The summed E-state index contributed by atoms with van der Waals surface area (Å²) in [5, 5.41) is 0. The number of carbonyl (C=O) groups is 1.